The molecule has 0 aromatic heterocycles. The Morgan fingerprint density at radius 3 is 2.30 bits per heavy atom. The van der Waals surface area contributed by atoms with Gasteiger partial charge in [-0.25, -0.2) is 0 Å². The molecule has 5 unspecified atom stereocenters. The number of anilines is 1. The van der Waals surface area contributed by atoms with Crippen LogP contribution in [0.2, 0.25) is 0 Å². The van der Waals surface area contributed by atoms with Crippen molar-refractivity contribution in [2.24, 2.45) is 11.8 Å². The van der Waals surface area contributed by atoms with Crippen molar-refractivity contribution in [3.8, 4) is 0 Å². The predicted octanol–water partition coefficient (Wildman–Crippen LogP) is 2.51. The molecule has 1 heterocycles. The number of hydrogen-bond acceptors (Lipinski definition) is 3. The van der Waals surface area contributed by atoms with E-state index in [0.717, 1.165) is 11.3 Å². The smallest absolute Gasteiger partial charge is 0.226 e. The molecule has 1 aromatic carbocycles. The van der Waals surface area contributed by atoms with Gasteiger partial charge in [0.25, 0.3) is 0 Å². The summed E-state index contributed by atoms with van der Waals surface area (Å²) in [5, 5.41) is 3.08. The van der Waals surface area contributed by atoms with Crippen LogP contribution in [-0.4, -0.2) is 18.1 Å². The van der Waals surface area contributed by atoms with E-state index < -0.39 is 0 Å². The average molecular weight is 276 g/mol. The zero-order chi connectivity index (χ0) is 14.9. The maximum atomic E-state index is 12.4. The lowest BCUT2D eigenvalue weighted by molar-refractivity contribution is -0.127. The Morgan fingerprint density at radius 2 is 1.80 bits per heavy atom. The molecule has 5 atom stereocenters. The van der Waals surface area contributed by atoms with E-state index in [-0.39, 0.29) is 36.0 Å². The summed E-state index contributed by atoms with van der Waals surface area (Å²) in [6, 6.07) is 7.56. The maximum Gasteiger partial charge on any atom is 0.226 e. The van der Waals surface area contributed by atoms with Crippen LogP contribution in [0.4, 0.5) is 5.69 Å². The van der Waals surface area contributed by atoms with Crippen LogP contribution in [0.1, 0.15) is 39.3 Å². The Bertz CT molecular complexity index is 472. The Kier molecular flexibility index (Phi) is 4.33. The maximum absolute atomic E-state index is 12.4. The fraction of sp³-hybridized carbons (Fsp3) is 0.562. The van der Waals surface area contributed by atoms with Crippen LogP contribution in [0, 0.1) is 11.8 Å². The predicted molar refractivity (Wildman–Crippen MR) is 80.1 cm³/mol. The molecule has 4 nitrogen and oxygen atoms in total. The number of rotatable bonds is 3. The summed E-state index contributed by atoms with van der Waals surface area (Å²) in [4.78, 5) is 12.4. The summed E-state index contributed by atoms with van der Waals surface area (Å²) in [6.45, 7) is 8.06. The van der Waals surface area contributed by atoms with Crippen LogP contribution < -0.4 is 11.1 Å². The van der Waals surface area contributed by atoms with Crippen LogP contribution >= 0.6 is 0 Å². The molecule has 4 heteroatoms. The highest BCUT2D eigenvalue weighted by atomic mass is 16.5. The zero-order valence-electron chi connectivity index (χ0n) is 12.6. The molecule has 110 valence electrons. The number of amides is 1. The normalized spacial score (nSPS) is 31.0. The fourth-order valence-corrected chi connectivity index (χ4v) is 2.90. The molecule has 0 bridgehead atoms. The van der Waals surface area contributed by atoms with E-state index in [1.807, 2.05) is 45.0 Å². The molecule has 1 saturated heterocycles. The fourth-order valence-electron chi connectivity index (χ4n) is 2.90. The van der Waals surface area contributed by atoms with Gasteiger partial charge in [-0.05, 0) is 44.4 Å². The van der Waals surface area contributed by atoms with Gasteiger partial charge in [0, 0.05) is 5.69 Å². The van der Waals surface area contributed by atoms with Gasteiger partial charge in [0.15, 0.2) is 0 Å². The van der Waals surface area contributed by atoms with Crippen molar-refractivity contribution in [3.63, 3.8) is 0 Å². The Hall–Kier alpha value is -1.55. The van der Waals surface area contributed by atoms with E-state index in [4.69, 9.17) is 10.5 Å². The van der Waals surface area contributed by atoms with Gasteiger partial charge < -0.3 is 15.8 Å². The van der Waals surface area contributed by atoms with Gasteiger partial charge in [0.1, 0.15) is 0 Å². The van der Waals surface area contributed by atoms with Crippen LogP contribution in [0.15, 0.2) is 24.3 Å². The highest BCUT2D eigenvalue weighted by Gasteiger charge is 2.41. The van der Waals surface area contributed by atoms with E-state index in [9.17, 15) is 4.79 Å². The molecule has 1 aliphatic heterocycles. The molecule has 0 aliphatic carbocycles. The van der Waals surface area contributed by atoms with E-state index in [1.54, 1.807) is 0 Å². The highest BCUT2D eigenvalue weighted by Crippen LogP contribution is 2.32. The van der Waals surface area contributed by atoms with Gasteiger partial charge in [0.05, 0.1) is 24.2 Å². The van der Waals surface area contributed by atoms with Gasteiger partial charge >= 0.3 is 0 Å². The van der Waals surface area contributed by atoms with E-state index in [0.29, 0.717) is 0 Å². The summed E-state index contributed by atoms with van der Waals surface area (Å²) < 4.78 is 5.73. The molecular weight excluding hydrogens is 252 g/mol. The summed E-state index contributed by atoms with van der Waals surface area (Å²) in [6.07, 6.45) is 0.103. The summed E-state index contributed by atoms with van der Waals surface area (Å²) in [5.74, 6) is 0.225. The molecule has 0 saturated carbocycles. The first-order valence-corrected chi connectivity index (χ1v) is 7.21. The Balaban J connectivity index is 2.02. The van der Waals surface area contributed by atoms with Crippen molar-refractivity contribution in [1.82, 2.24) is 5.32 Å². The summed E-state index contributed by atoms with van der Waals surface area (Å²) in [5.41, 5.74) is 7.46. The number of nitrogens with two attached hydrogens (primary N) is 1. The van der Waals surface area contributed by atoms with Crippen molar-refractivity contribution >= 4 is 11.6 Å². The SMILES string of the molecule is CC(NC(=O)C1C(C)OC(C)C1C)c1ccc(N)cc1. The van der Waals surface area contributed by atoms with Crippen LogP contribution in [0.25, 0.3) is 0 Å². The highest BCUT2D eigenvalue weighted by molar-refractivity contribution is 5.80. The topological polar surface area (TPSA) is 64.3 Å². The van der Waals surface area contributed by atoms with Crippen molar-refractivity contribution in [1.29, 1.82) is 0 Å². The molecule has 1 aliphatic rings. The summed E-state index contributed by atoms with van der Waals surface area (Å²) >= 11 is 0. The van der Waals surface area contributed by atoms with E-state index in [2.05, 4.69) is 12.2 Å². The molecule has 20 heavy (non-hydrogen) atoms. The number of ether oxygens (including phenoxy) is 1. The third-order valence-electron chi connectivity index (χ3n) is 4.34. The second-order valence-electron chi connectivity index (χ2n) is 5.83. The quantitative estimate of drug-likeness (QED) is 0.834. The lowest BCUT2D eigenvalue weighted by Gasteiger charge is -2.21. The lowest BCUT2D eigenvalue weighted by Crippen LogP contribution is -2.38. The number of benzene rings is 1. The van der Waals surface area contributed by atoms with E-state index in [1.165, 1.54) is 0 Å². The molecule has 2 rings (SSSR count). The van der Waals surface area contributed by atoms with Crippen molar-refractivity contribution in [2.75, 3.05) is 5.73 Å². The first-order chi connectivity index (χ1) is 9.40. The average Bonchev–Trinajstić information content (AvgIpc) is 2.63. The number of carbonyl (C=O) groups is 1. The Morgan fingerprint density at radius 1 is 1.20 bits per heavy atom. The number of nitrogens with one attached hydrogen (secondary N) is 1. The van der Waals surface area contributed by atoms with Gasteiger partial charge in [0.2, 0.25) is 5.91 Å². The lowest BCUT2D eigenvalue weighted by atomic mass is 9.88. The summed E-state index contributed by atoms with van der Waals surface area (Å²) in [7, 11) is 0. The number of nitrogen functional groups attached to an aromatic ring is 1. The van der Waals surface area contributed by atoms with Crippen molar-refractivity contribution < 1.29 is 9.53 Å². The minimum absolute atomic E-state index is 0.0291. The minimum Gasteiger partial charge on any atom is -0.399 e. The van der Waals surface area contributed by atoms with Crippen molar-refractivity contribution in [3.05, 3.63) is 29.8 Å². The molecule has 0 spiro atoms. The second-order valence-corrected chi connectivity index (χ2v) is 5.83. The van der Waals surface area contributed by atoms with Gasteiger partial charge in [-0.1, -0.05) is 19.1 Å². The standard InChI is InChI=1S/C16H24N2O2/c1-9-11(3)20-12(4)15(9)16(19)18-10(2)13-5-7-14(17)8-6-13/h5-12,15H,17H2,1-4H3,(H,18,19). The molecule has 1 aromatic rings. The Labute approximate surface area is 120 Å². The van der Waals surface area contributed by atoms with Crippen LogP contribution in [-0.2, 0) is 9.53 Å². The number of hydrogen-bond donors (Lipinski definition) is 2. The largest absolute Gasteiger partial charge is 0.399 e. The third kappa shape index (κ3) is 2.96. The zero-order valence-corrected chi connectivity index (χ0v) is 12.6. The molecule has 1 amide bonds. The van der Waals surface area contributed by atoms with Crippen LogP contribution in [0.5, 0.6) is 0 Å². The van der Waals surface area contributed by atoms with Crippen molar-refractivity contribution in [2.45, 2.75) is 45.9 Å². The second kappa shape index (κ2) is 5.83. The third-order valence-corrected chi connectivity index (χ3v) is 4.34. The van der Waals surface area contributed by atoms with E-state index >= 15 is 0 Å². The van der Waals surface area contributed by atoms with Gasteiger partial charge in [-0.2, -0.15) is 0 Å². The monoisotopic (exact) mass is 276 g/mol. The molecule has 0 radical (unpaired) electrons. The molecule has 3 N–H and O–H groups in total. The number of carbonyl (C=O) groups excluding carboxylic acids is 1. The van der Waals surface area contributed by atoms with Crippen LogP contribution in [0.3, 0.4) is 0 Å². The molecule has 1 fully saturated rings. The van der Waals surface area contributed by atoms with Gasteiger partial charge in [-0.15, -0.1) is 0 Å². The first-order valence-electron chi connectivity index (χ1n) is 7.21. The molecular formula is C16H24N2O2. The minimum atomic E-state index is -0.0822. The van der Waals surface area contributed by atoms with Gasteiger partial charge in [-0.3, -0.25) is 4.79 Å². The first kappa shape index (κ1) is 14.9.